The topological polar surface area (TPSA) is 81.8 Å². The molecule has 7 heteroatoms. The third kappa shape index (κ3) is 1.88. The van der Waals surface area contributed by atoms with E-state index in [1.165, 1.54) is 12.1 Å². The second-order valence-corrected chi connectivity index (χ2v) is 3.88. The third-order valence-electron chi connectivity index (χ3n) is 2.74. The van der Waals surface area contributed by atoms with Crippen LogP contribution in [0.5, 0.6) is 11.5 Å². The molecule has 1 N–H and O–H groups in total. The van der Waals surface area contributed by atoms with Crippen molar-refractivity contribution >= 4 is 5.97 Å². The van der Waals surface area contributed by atoms with Crippen LogP contribution in [0.4, 0.5) is 4.39 Å². The van der Waals surface area contributed by atoms with Gasteiger partial charge in [-0.15, -0.1) is 0 Å². The summed E-state index contributed by atoms with van der Waals surface area (Å²) in [6.07, 6.45) is 0. The van der Waals surface area contributed by atoms with Gasteiger partial charge in [-0.25, -0.2) is 9.18 Å². The number of aromatic carboxylic acids is 1. The zero-order chi connectivity index (χ0) is 13.4. The van der Waals surface area contributed by atoms with Crippen molar-refractivity contribution in [1.82, 2.24) is 5.16 Å². The molecule has 3 rings (SSSR count). The van der Waals surface area contributed by atoms with E-state index in [2.05, 4.69) is 5.16 Å². The predicted molar refractivity (Wildman–Crippen MR) is 59.8 cm³/mol. The maximum absolute atomic E-state index is 13.0. The Morgan fingerprint density at radius 1 is 1.32 bits per heavy atom. The minimum atomic E-state index is -1.21. The Kier molecular flexibility index (Phi) is 2.59. The predicted octanol–water partition coefficient (Wildman–Crippen LogP) is 2.24. The van der Waals surface area contributed by atoms with Crippen LogP contribution >= 0.6 is 0 Å². The average Bonchev–Trinajstić information content (AvgIpc) is 3.05. The van der Waals surface area contributed by atoms with Crippen molar-refractivity contribution in [2.75, 3.05) is 6.79 Å². The summed E-state index contributed by atoms with van der Waals surface area (Å²) >= 11 is 0. The first-order valence-corrected chi connectivity index (χ1v) is 5.38. The molecule has 2 heterocycles. The van der Waals surface area contributed by atoms with Crippen molar-refractivity contribution in [2.45, 2.75) is 6.67 Å². The summed E-state index contributed by atoms with van der Waals surface area (Å²) in [5, 5.41) is 12.2. The molecule has 98 valence electrons. The van der Waals surface area contributed by atoms with E-state index in [1.54, 1.807) is 6.07 Å². The van der Waals surface area contributed by atoms with E-state index in [4.69, 9.17) is 19.1 Å². The second-order valence-electron chi connectivity index (χ2n) is 3.88. The number of nitrogens with zero attached hydrogens (tertiary/aromatic N) is 1. The highest BCUT2D eigenvalue weighted by atomic mass is 19.1. The summed E-state index contributed by atoms with van der Waals surface area (Å²) < 4.78 is 28.3. The number of carbonyl (C=O) groups is 1. The average molecular weight is 265 g/mol. The molecular formula is C12H8FNO5. The maximum Gasteiger partial charge on any atom is 0.358 e. The second kappa shape index (κ2) is 4.27. The van der Waals surface area contributed by atoms with Crippen LogP contribution in [-0.2, 0) is 6.67 Å². The molecule has 0 bridgehead atoms. The molecule has 0 radical (unpaired) electrons. The standard InChI is InChI=1S/C12H8FNO5/c13-4-6-1-10-11(18-5-17-10)2-7(6)9-3-8(12(15)16)14-19-9/h1-3H,4-5H2,(H,15,16). The van der Waals surface area contributed by atoms with E-state index >= 15 is 0 Å². The van der Waals surface area contributed by atoms with Crippen LogP contribution in [-0.4, -0.2) is 23.0 Å². The molecule has 1 aromatic carbocycles. The number of alkyl halides is 1. The number of hydrogen-bond donors (Lipinski definition) is 1. The Bertz CT molecular complexity index is 652. The number of halogens is 1. The molecule has 0 saturated heterocycles. The quantitative estimate of drug-likeness (QED) is 0.916. The van der Waals surface area contributed by atoms with Gasteiger partial charge in [-0.1, -0.05) is 5.16 Å². The highest BCUT2D eigenvalue weighted by molar-refractivity contribution is 5.86. The number of hydrogen-bond acceptors (Lipinski definition) is 5. The zero-order valence-corrected chi connectivity index (χ0v) is 9.55. The van der Waals surface area contributed by atoms with Gasteiger partial charge in [-0.05, 0) is 17.7 Å². The fourth-order valence-electron chi connectivity index (χ4n) is 1.83. The van der Waals surface area contributed by atoms with Gasteiger partial charge in [0.1, 0.15) is 6.67 Å². The van der Waals surface area contributed by atoms with Gasteiger partial charge < -0.3 is 19.1 Å². The Hall–Kier alpha value is -2.57. The van der Waals surface area contributed by atoms with Crippen molar-refractivity contribution in [2.24, 2.45) is 0 Å². The minimum absolute atomic E-state index is 0.0707. The largest absolute Gasteiger partial charge is 0.476 e. The summed E-state index contributed by atoms with van der Waals surface area (Å²) in [7, 11) is 0. The molecule has 1 aliphatic rings. The molecule has 0 spiro atoms. The molecule has 6 nitrogen and oxygen atoms in total. The number of fused-ring (bicyclic) bond motifs is 1. The highest BCUT2D eigenvalue weighted by Crippen LogP contribution is 2.39. The van der Waals surface area contributed by atoms with Crippen molar-refractivity contribution in [3.8, 4) is 22.8 Å². The van der Waals surface area contributed by atoms with Gasteiger partial charge in [0, 0.05) is 11.6 Å². The molecule has 0 fully saturated rings. The molecule has 19 heavy (non-hydrogen) atoms. The molecule has 0 atom stereocenters. The molecular weight excluding hydrogens is 257 g/mol. The summed E-state index contributed by atoms with van der Waals surface area (Å²) in [6, 6.07) is 4.28. The van der Waals surface area contributed by atoms with Gasteiger partial charge in [-0.3, -0.25) is 0 Å². The van der Waals surface area contributed by atoms with Crippen molar-refractivity contribution in [3.63, 3.8) is 0 Å². The van der Waals surface area contributed by atoms with Crippen LogP contribution in [0.15, 0.2) is 22.7 Å². The van der Waals surface area contributed by atoms with E-state index in [0.717, 1.165) is 0 Å². The molecule has 0 unspecified atom stereocenters. The van der Waals surface area contributed by atoms with Gasteiger partial charge in [0.2, 0.25) is 6.79 Å². The van der Waals surface area contributed by atoms with Crippen molar-refractivity contribution in [1.29, 1.82) is 0 Å². The Morgan fingerprint density at radius 3 is 2.68 bits per heavy atom. The normalized spacial score (nSPS) is 12.7. The molecule has 2 aromatic rings. The van der Waals surface area contributed by atoms with Gasteiger partial charge in [0.05, 0.1) is 0 Å². The van der Waals surface area contributed by atoms with Crippen LogP contribution in [0.1, 0.15) is 16.1 Å². The van der Waals surface area contributed by atoms with E-state index in [-0.39, 0.29) is 18.2 Å². The van der Waals surface area contributed by atoms with Gasteiger partial charge >= 0.3 is 5.97 Å². The fourth-order valence-corrected chi connectivity index (χ4v) is 1.83. The zero-order valence-electron chi connectivity index (χ0n) is 9.55. The van der Waals surface area contributed by atoms with Crippen molar-refractivity contribution in [3.05, 3.63) is 29.5 Å². The van der Waals surface area contributed by atoms with Gasteiger partial charge in [0.25, 0.3) is 0 Å². The lowest BCUT2D eigenvalue weighted by atomic mass is 10.0. The first kappa shape index (κ1) is 11.5. The number of aromatic nitrogens is 1. The lowest BCUT2D eigenvalue weighted by Crippen LogP contribution is -1.94. The number of benzene rings is 1. The summed E-state index contributed by atoms with van der Waals surface area (Å²) in [5.41, 5.74) is 0.474. The fraction of sp³-hybridized carbons (Fsp3) is 0.167. The van der Waals surface area contributed by atoms with Crippen LogP contribution in [0.25, 0.3) is 11.3 Å². The van der Waals surface area contributed by atoms with E-state index < -0.39 is 12.6 Å². The smallest absolute Gasteiger partial charge is 0.358 e. The lowest BCUT2D eigenvalue weighted by Gasteiger charge is -2.04. The first-order chi connectivity index (χ1) is 9.19. The Balaban J connectivity index is 2.10. The van der Waals surface area contributed by atoms with Crippen LogP contribution in [0, 0.1) is 0 Å². The number of ether oxygens (including phenoxy) is 2. The summed E-state index contributed by atoms with van der Waals surface area (Å²) in [6.45, 7) is -0.670. The van der Waals surface area contributed by atoms with E-state index in [9.17, 15) is 9.18 Å². The molecule has 0 aliphatic carbocycles. The van der Waals surface area contributed by atoms with E-state index in [0.29, 0.717) is 22.6 Å². The van der Waals surface area contributed by atoms with Crippen molar-refractivity contribution < 1.29 is 28.3 Å². The monoisotopic (exact) mass is 265 g/mol. The minimum Gasteiger partial charge on any atom is -0.476 e. The summed E-state index contributed by atoms with van der Waals surface area (Å²) in [4.78, 5) is 10.7. The van der Waals surface area contributed by atoms with Gasteiger partial charge in [-0.2, -0.15) is 0 Å². The Morgan fingerprint density at radius 2 is 2.05 bits per heavy atom. The number of carboxylic acid groups (broad SMARTS) is 1. The summed E-state index contributed by atoms with van der Waals surface area (Å²) in [5.74, 6) is -0.129. The molecule has 1 aliphatic heterocycles. The van der Waals surface area contributed by atoms with Crippen LogP contribution < -0.4 is 9.47 Å². The van der Waals surface area contributed by atoms with Gasteiger partial charge in [0.15, 0.2) is 23.0 Å². The van der Waals surface area contributed by atoms with E-state index in [1.807, 2.05) is 0 Å². The Labute approximate surface area is 106 Å². The van der Waals surface area contributed by atoms with Crippen LogP contribution in [0.3, 0.4) is 0 Å². The lowest BCUT2D eigenvalue weighted by molar-refractivity contribution is 0.0686. The number of carboxylic acids is 1. The van der Waals surface area contributed by atoms with Crippen LogP contribution in [0.2, 0.25) is 0 Å². The molecule has 0 amide bonds. The molecule has 1 aromatic heterocycles. The maximum atomic E-state index is 13.0. The highest BCUT2D eigenvalue weighted by Gasteiger charge is 2.21. The first-order valence-electron chi connectivity index (χ1n) is 5.38. The third-order valence-corrected chi connectivity index (χ3v) is 2.74. The SMILES string of the molecule is O=C(O)c1cc(-c2cc3c(cc2CF)OCO3)on1. The number of rotatable bonds is 3. The molecule has 0 saturated carbocycles.